The molecule has 2 heterocycles. The normalized spacial score (nSPS) is 20.1. The topological polar surface area (TPSA) is 117 Å². The molecular weight excluding hydrogens is 300 g/mol. The van der Waals surface area contributed by atoms with Gasteiger partial charge in [-0.2, -0.15) is 0 Å². The van der Waals surface area contributed by atoms with Crippen molar-refractivity contribution in [2.24, 2.45) is 0 Å². The van der Waals surface area contributed by atoms with Crippen molar-refractivity contribution < 1.29 is 27.5 Å². The predicted molar refractivity (Wildman–Crippen MR) is 72.7 cm³/mol. The highest BCUT2D eigenvalue weighted by molar-refractivity contribution is 7.91. The van der Waals surface area contributed by atoms with Gasteiger partial charge in [0, 0.05) is 13.1 Å². The van der Waals surface area contributed by atoms with E-state index in [1.807, 2.05) is 0 Å². The van der Waals surface area contributed by atoms with Gasteiger partial charge in [0.05, 0.1) is 18.1 Å². The van der Waals surface area contributed by atoms with Crippen LogP contribution < -0.4 is 5.32 Å². The molecule has 2 amide bonds. The van der Waals surface area contributed by atoms with Crippen LogP contribution in [0.25, 0.3) is 0 Å². The summed E-state index contributed by atoms with van der Waals surface area (Å²) >= 11 is 0. The number of urea groups is 1. The van der Waals surface area contributed by atoms with Gasteiger partial charge in [-0.25, -0.2) is 18.0 Å². The van der Waals surface area contributed by atoms with Crippen LogP contribution in [0.2, 0.25) is 0 Å². The highest BCUT2D eigenvalue weighted by atomic mass is 32.2. The van der Waals surface area contributed by atoms with Crippen LogP contribution in [0.5, 0.6) is 0 Å². The lowest BCUT2D eigenvalue weighted by Crippen LogP contribution is -2.43. The molecule has 1 aromatic heterocycles. The zero-order valence-corrected chi connectivity index (χ0v) is 12.2. The Hall–Kier alpha value is -2.03. The smallest absolute Gasteiger partial charge is 0.371 e. The second-order valence-corrected chi connectivity index (χ2v) is 7.13. The van der Waals surface area contributed by atoms with Crippen molar-refractivity contribution >= 4 is 21.8 Å². The fourth-order valence-corrected chi connectivity index (χ4v) is 3.90. The molecule has 0 spiro atoms. The van der Waals surface area contributed by atoms with Gasteiger partial charge >= 0.3 is 12.0 Å². The summed E-state index contributed by atoms with van der Waals surface area (Å²) in [6.45, 7) is 0.0376. The van der Waals surface area contributed by atoms with Crippen LogP contribution in [0.1, 0.15) is 22.7 Å². The molecule has 21 heavy (non-hydrogen) atoms. The molecule has 2 N–H and O–H groups in total. The van der Waals surface area contributed by atoms with Gasteiger partial charge in [0.1, 0.15) is 5.76 Å². The molecule has 8 nitrogen and oxygen atoms in total. The van der Waals surface area contributed by atoms with E-state index in [-0.39, 0.29) is 29.9 Å². The standard InChI is InChI=1S/C12H16N2O6S/c1-14(8-4-5-21(18,19)7-8)12(17)13-6-9-2-3-10(20-9)11(15)16/h2-3,8H,4-7H2,1H3,(H,13,17)(H,15,16). The van der Waals surface area contributed by atoms with Gasteiger partial charge < -0.3 is 19.7 Å². The lowest BCUT2D eigenvalue weighted by molar-refractivity contribution is 0.0660. The Kier molecular flexibility index (Phi) is 4.21. The monoisotopic (exact) mass is 316 g/mol. The number of amides is 2. The summed E-state index contributed by atoms with van der Waals surface area (Å²) in [5.41, 5.74) is 0. The van der Waals surface area contributed by atoms with E-state index < -0.39 is 21.8 Å². The van der Waals surface area contributed by atoms with Gasteiger partial charge in [-0.1, -0.05) is 0 Å². The van der Waals surface area contributed by atoms with Crippen LogP contribution in [0, 0.1) is 0 Å². The lowest BCUT2D eigenvalue weighted by atomic mass is 10.2. The number of carbonyl (C=O) groups is 2. The third-order valence-corrected chi connectivity index (χ3v) is 5.11. The molecule has 1 aromatic rings. The summed E-state index contributed by atoms with van der Waals surface area (Å²) in [5, 5.41) is 11.3. The van der Waals surface area contributed by atoms with Crippen LogP contribution in [-0.2, 0) is 16.4 Å². The second kappa shape index (κ2) is 5.76. The van der Waals surface area contributed by atoms with Crippen molar-refractivity contribution in [2.45, 2.75) is 19.0 Å². The third kappa shape index (κ3) is 3.75. The number of nitrogens with zero attached hydrogens (tertiary/aromatic N) is 1. The lowest BCUT2D eigenvalue weighted by Gasteiger charge is -2.23. The fraction of sp³-hybridized carbons (Fsp3) is 0.500. The van der Waals surface area contributed by atoms with Crippen molar-refractivity contribution in [3.63, 3.8) is 0 Å². The molecule has 1 saturated heterocycles. The Morgan fingerprint density at radius 3 is 2.71 bits per heavy atom. The molecule has 0 aliphatic carbocycles. The number of nitrogens with one attached hydrogen (secondary N) is 1. The van der Waals surface area contributed by atoms with E-state index in [1.54, 1.807) is 0 Å². The Morgan fingerprint density at radius 2 is 2.19 bits per heavy atom. The SMILES string of the molecule is CN(C(=O)NCc1ccc(C(=O)O)o1)C1CCS(=O)(=O)C1. The average Bonchev–Trinajstić information content (AvgIpc) is 3.01. The first-order valence-corrected chi connectivity index (χ1v) is 8.14. The molecule has 1 atom stereocenters. The molecule has 2 rings (SSSR count). The van der Waals surface area contributed by atoms with Crippen LogP contribution in [0.4, 0.5) is 4.79 Å². The van der Waals surface area contributed by atoms with E-state index in [4.69, 9.17) is 9.52 Å². The molecule has 1 aliphatic rings. The van der Waals surface area contributed by atoms with E-state index in [9.17, 15) is 18.0 Å². The van der Waals surface area contributed by atoms with E-state index in [2.05, 4.69) is 5.32 Å². The molecule has 0 radical (unpaired) electrons. The largest absolute Gasteiger partial charge is 0.475 e. The first-order chi connectivity index (χ1) is 9.78. The number of carboxylic acid groups (broad SMARTS) is 1. The van der Waals surface area contributed by atoms with Crippen LogP contribution in [-0.4, -0.2) is 55.0 Å². The minimum absolute atomic E-state index is 0.0270. The molecule has 9 heteroatoms. The number of carboxylic acids is 1. The Balaban J connectivity index is 1.88. The summed E-state index contributed by atoms with van der Waals surface area (Å²) in [6, 6.07) is 2.01. The maximum absolute atomic E-state index is 11.9. The van der Waals surface area contributed by atoms with Crippen molar-refractivity contribution in [1.82, 2.24) is 10.2 Å². The quantitative estimate of drug-likeness (QED) is 0.825. The van der Waals surface area contributed by atoms with Crippen molar-refractivity contribution in [3.8, 4) is 0 Å². The summed E-state index contributed by atoms with van der Waals surface area (Å²) in [4.78, 5) is 23.9. The van der Waals surface area contributed by atoms with Gasteiger partial charge in [0.2, 0.25) is 5.76 Å². The molecule has 0 bridgehead atoms. The molecule has 116 valence electrons. The molecule has 0 saturated carbocycles. The van der Waals surface area contributed by atoms with E-state index in [1.165, 1.54) is 24.1 Å². The Morgan fingerprint density at radius 1 is 1.48 bits per heavy atom. The predicted octanol–water partition coefficient (Wildman–Crippen LogP) is 0.306. The number of hydrogen-bond acceptors (Lipinski definition) is 5. The number of sulfone groups is 1. The van der Waals surface area contributed by atoms with Crippen molar-refractivity contribution in [3.05, 3.63) is 23.7 Å². The molecule has 1 unspecified atom stereocenters. The number of rotatable bonds is 4. The minimum atomic E-state index is -3.05. The summed E-state index contributed by atoms with van der Waals surface area (Å²) < 4.78 is 27.8. The number of hydrogen-bond donors (Lipinski definition) is 2. The molecule has 0 aromatic carbocycles. The van der Waals surface area contributed by atoms with Crippen molar-refractivity contribution in [2.75, 3.05) is 18.6 Å². The first-order valence-electron chi connectivity index (χ1n) is 6.31. The second-order valence-electron chi connectivity index (χ2n) is 4.90. The minimum Gasteiger partial charge on any atom is -0.475 e. The third-order valence-electron chi connectivity index (χ3n) is 3.36. The average molecular weight is 316 g/mol. The zero-order chi connectivity index (χ0) is 15.6. The van der Waals surface area contributed by atoms with Gasteiger partial charge in [0.25, 0.3) is 0 Å². The zero-order valence-electron chi connectivity index (χ0n) is 11.4. The summed E-state index contributed by atoms with van der Waals surface area (Å²) in [5.74, 6) is -1.00. The first kappa shape index (κ1) is 15.4. The molecular formula is C12H16N2O6S. The molecule has 1 fully saturated rings. The van der Waals surface area contributed by atoms with Crippen LogP contribution in [0.3, 0.4) is 0 Å². The van der Waals surface area contributed by atoms with Gasteiger partial charge in [-0.15, -0.1) is 0 Å². The number of carbonyl (C=O) groups excluding carboxylic acids is 1. The highest BCUT2D eigenvalue weighted by Crippen LogP contribution is 2.16. The maximum atomic E-state index is 11.9. The number of furan rings is 1. The highest BCUT2D eigenvalue weighted by Gasteiger charge is 2.32. The summed E-state index contributed by atoms with van der Waals surface area (Å²) in [6.07, 6.45) is 0.427. The Labute approximate surface area is 121 Å². The number of aromatic carboxylic acids is 1. The summed E-state index contributed by atoms with van der Waals surface area (Å²) in [7, 11) is -1.52. The van der Waals surface area contributed by atoms with Crippen LogP contribution in [0.15, 0.2) is 16.5 Å². The maximum Gasteiger partial charge on any atom is 0.371 e. The van der Waals surface area contributed by atoms with Crippen molar-refractivity contribution in [1.29, 1.82) is 0 Å². The van der Waals surface area contributed by atoms with Gasteiger partial charge in [-0.3, -0.25) is 0 Å². The Bertz CT molecular complexity index is 650. The van der Waals surface area contributed by atoms with E-state index in [0.29, 0.717) is 12.2 Å². The molecule has 1 aliphatic heterocycles. The van der Waals surface area contributed by atoms with Gasteiger partial charge in [0.15, 0.2) is 9.84 Å². The van der Waals surface area contributed by atoms with Crippen LogP contribution >= 0.6 is 0 Å². The fourth-order valence-electron chi connectivity index (χ4n) is 2.12. The van der Waals surface area contributed by atoms with E-state index in [0.717, 1.165) is 0 Å². The van der Waals surface area contributed by atoms with E-state index >= 15 is 0 Å². The van der Waals surface area contributed by atoms with Gasteiger partial charge in [-0.05, 0) is 18.6 Å².